The third kappa shape index (κ3) is 3.39. The summed E-state index contributed by atoms with van der Waals surface area (Å²) in [6.07, 6.45) is 2.04. The number of rotatable bonds is 6. The molecule has 0 amide bonds. The molecule has 4 rings (SSSR count). The van der Waals surface area contributed by atoms with Crippen LogP contribution in [-0.2, 0) is 6.54 Å². The van der Waals surface area contributed by atoms with Crippen LogP contribution in [0.15, 0.2) is 66.9 Å². The monoisotopic (exact) mass is 373 g/mol. The first kappa shape index (κ1) is 17.9. The summed E-state index contributed by atoms with van der Waals surface area (Å²) in [5, 5.41) is 3.56. The highest BCUT2D eigenvalue weighted by Gasteiger charge is 2.18. The molecule has 142 valence electrons. The Morgan fingerprint density at radius 2 is 1.79 bits per heavy atom. The van der Waals surface area contributed by atoms with Gasteiger partial charge >= 0.3 is 0 Å². The molecule has 0 radical (unpaired) electrons. The number of aromatic nitrogens is 2. The predicted molar refractivity (Wildman–Crippen MR) is 112 cm³/mol. The molecule has 0 aliphatic heterocycles. The number of anilines is 1. The Morgan fingerprint density at radius 3 is 2.54 bits per heavy atom. The van der Waals surface area contributed by atoms with Crippen LogP contribution < -0.4 is 14.8 Å². The molecular weight excluding hydrogens is 350 g/mol. The van der Waals surface area contributed by atoms with Crippen LogP contribution in [0, 0.1) is 6.92 Å². The van der Waals surface area contributed by atoms with E-state index < -0.39 is 0 Å². The van der Waals surface area contributed by atoms with Gasteiger partial charge in [-0.15, -0.1) is 0 Å². The topological polar surface area (TPSA) is 47.8 Å². The second-order valence-electron chi connectivity index (χ2n) is 6.65. The zero-order valence-electron chi connectivity index (χ0n) is 16.3. The Labute approximate surface area is 164 Å². The molecule has 0 aliphatic carbocycles. The van der Waals surface area contributed by atoms with Crippen LogP contribution in [-0.4, -0.2) is 23.6 Å². The molecule has 0 bridgehead atoms. The molecule has 4 aromatic rings. The van der Waals surface area contributed by atoms with E-state index in [9.17, 15) is 0 Å². The van der Waals surface area contributed by atoms with Crippen molar-refractivity contribution >= 4 is 11.5 Å². The zero-order chi connectivity index (χ0) is 19.5. The SMILES string of the molecule is COc1ccc(OC)c(-c2nc3cc(C)ccn3c2NCc2ccccc2)c1. The molecule has 0 atom stereocenters. The maximum absolute atomic E-state index is 5.60. The van der Waals surface area contributed by atoms with Crippen LogP contribution in [0.4, 0.5) is 5.82 Å². The standard InChI is InChI=1S/C23H23N3O2/c1-16-11-12-26-21(13-16)25-22(19-14-18(27-2)9-10-20(19)28-3)23(26)24-15-17-7-5-4-6-8-17/h4-14,24H,15H2,1-3H3. The van der Waals surface area contributed by atoms with Crippen molar-refractivity contribution in [1.29, 1.82) is 0 Å². The van der Waals surface area contributed by atoms with Crippen molar-refractivity contribution < 1.29 is 9.47 Å². The van der Waals surface area contributed by atoms with Crippen LogP contribution >= 0.6 is 0 Å². The van der Waals surface area contributed by atoms with E-state index >= 15 is 0 Å². The van der Waals surface area contributed by atoms with Gasteiger partial charge in [-0.1, -0.05) is 30.3 Å². The molecule has 5 heteroatoms. The molecule has 0 spiro atoms. The van der Waals surface area contributed by atoms with E-state index in [4.69, 9.17) is 14.5 Å². The highest BCUT2D eigenvalue weighted by atomic mass is 16.5. The Kier molecular flexibility index (Phi) is 4.89. The molecule has 0 saturated heterocycles. The van der Waals surface area contributed by atoms with Gasteiger partial charge in [0.15, 0.2) is 0 Å². The Bertz CT molecular complexity index is 1100. The molecular formula is C23H23N3O2. The number of benzene rings is 2. The summed E-state index contributed by atoms with van der Waals surface area (Å²) in [4.78, 5) is 4.90. The summed E-state index contributed by atoms with van der Waals surface area (Å²) < 4.78 is 13.1. The summed E-state index contributed by atoms with van der Waals surface area (Å²) in [5.74, 6) is 2.44. The Balaban J connectivity index is 1.85. The first-order chi connectivity index (χ1) is 13.7. The average molecular weight is 373 g/mol. The number of hydrogen-bond acceptors (Lipinski definition) is 4. The molecule has 0 aliphatic rings. The van der Waals surface area contributed by atoms with E-state index in [1.165, 1.54) is 5.56 Å². The van der Waals surface area contributed by atoms with E-state index in [0.29, 0.717) is 6.54 Å². The highest BCUT2D eigenvalue weighted by molar-refractivity contribution is 5.81. The lowest BCUT2D eigenvalue weighted by molar-refractivity contribution is 0.404. The van der Waals surface area contributed by atoms with Gasteiger partial charge in [0.05, 0.1) is 14.2 Å². The van der Waals surface area contributed by atoms with Crippen LogP contribution in [0.5, 0.6) is 11.5 Å². The number of nitrogens with zero attached hydrogens (tertiary/aromatic N) is 2. The van der Waals surface area contributed by atoms with Crippen molar-refractivity contribution in [3.63, 3.8) is 0 Å². The summed E-state index contributed by atoms with van der Waals surface area (Å²) in [6.45, 7) is 2.76. The quantitative estimate of drug-likeness (QED) is 0.520. The maximum Gasteiger partial charge on any atom is 0.139 e. The van der Waals surface area contributed by atoms with Crippen molar-refractivity contribution in [2.45, 2.75) is 13.5 Å². The van der Waals surface area contributed by atoms with Crippen LogP contribution in [0.2, 0.25) is 0 Å². The summed E-state index contributed by atoms with van der Waals surface area (Å²) in [7, 11) is 3.33. The summed E-state index contributed by atoms with van der Waals surface area (Å²) in [6, 6.07) is 20.2. The smallest absolute Gasteiger partial charge is 0.139 e. The van der Waals surface area contributed by atoms with Gasteiger partial charge in [0, 0.05) is 18.3 Å². The first-order valence-corrected chi connectivity index (χ1v) is 9.18. The van der Waals surface area contributed by atoms with Gasteiger partial charge in [0.25, 0.3) is 0 Å². The molecule has 2 aromatic heterocycles. The number of hydrogen-bond donors (Lipinski definition) is 1. The molecule has 0 fully saturated rings. The van der Waals surface area contributed by atoms with E-state index in [0.717, 1.165) is 39.8 Å². The highest BCUT2D eigenvalue weighted by Crippen LogP contribution is 2.37. The van der Waals surface area contributed by atoms with Crippen molar-refractivity contribution in [3.05, 3.63) is 78.0 Å². The lowest BCUT2D eigenvalue weighted by Gasteiger charge is -2.12. The summed E-state index contributed by atoms with van der Waals surface area (Å²) in [5.41, 5.74) is 4.97. The van der Waals surface area contributed by atoms with Crippen molar-refractivity contribution in [3.8, 4) is 22.8 Å². The maximum atomic E-state index is 5.60. The lowest BCUT2D eigenvalue weighted by Crippen LogP contribution is -2.03. The minimum absolute atomic E-state index is 0.696. The van der Waals surface area contributed by atoms with E-state index in [-0.39, 0.29) is 0 Å². The van der Waals surface area contributed by atoms with Gasteiger partial charge < -0.3 is 14.8 Å². The van der Waals surface area contributed by atoms with Gasteiger partial charge in [0.1, 0.15) is 28.7 Å². The normalized spacial score (nSPS) is 10.8. The number of imidazole rings is 1. The van der Waals surface area contributed by atoms with Crippen LogP contribution in [0.3, 0.4) is 0 Å². The lowest BCUT2D eigenvalue weighted by atomic mass is 10.1. The number of ether oxygens (including phenoxy) is 2. The molecule has 28 heavy (non-hydrogen) atoms. The summed E-state index contributed by atoms with van der Waals surface area (Å²) >= 11 is 0. The van der Waals surface area contributed by atoms with Crippen molar-refractivity contribution in [2.24, 2.45) is 0 Å². The molecule has 2 aromatic carbocycles. The first-order valence-electron chi connectivity index (χ1n) is 9.18. The van der Waals surface area contributed by atoms with Gasteiger partial charge in [0.2, 0.25) is 0 Å². The molecule has 5 nitrogen and oxygen atoms in total. The fourth-order valence-corrected chi connectivity index (χ4v) is 3.28. The number of fused-ring (bicyclic) bond motifs is 1. The third-order valence-corrected chi connectivity index (χ3v) is 4.75. The zero-order valence-corrected chi connectivity index (χ0v) is 16.3. The number of pyridine rings is 1. The van der Waals surface area contributed by atoms with Crippen LogP contribution in [0.1, 0.15) is 11.1 Å². The second-order valence-corrected chi connectivity index (χ2v) is 6.65. The molecule has 2 heterocycles. The van der Waals surface area contributed by atoms with Gasteiger partial charge in [-0.05, 0) is 48.4 Å². The second kappa shape index (κ2) is 7.64. The molecule has 0 saturated carbocycles. The van der Waals surface area contributed by atoms with Gasteiger partial charge in [-0.2, -0.15) is 0 Å². The predicted octanol–water partition coefficient (Wildman–Crippen LogP) is 4.94. The number of methoxy groups -OCH3 is 2. The molecule has 1 N–H and O–H groups in total. The van der Waals surface area contributed by atoms with E-state index in [2.05, 4.69) is 40.9 Å². The average Bonchev–Trinajstić information content (AvgIpc) is 3.09. The van der Waals surface area contributed by atoms with E-state index in [1.54, 1.807) is 14.2 Å². The van der Waals surface area contributed by atoms with Crippen molar-refractivity contribution in [2.75, 3.05) is 19.5 Å². The fraction of sp³-hybridized carbons (Fsp3) is 0.174. The Hall–Kier alpha value is -3.47. The van der Waals surface area contributed by atoms with E-state index in [1.807, 2.05) is 42.6 Å². The Morgan fingerprint density at radius 1 is 0.964 bits per heavy atom. The van der Waals surface area contributed by atoms with Gasteiger partial charge in [-0.3, -0.25) is 4.40 Å². The largest absolute Gasteiger partial charge is 0.497 e. The third-order valence-electron chi connectivity index (χ3n) is 4.75. The van der Waals surface area contributed by atoms with Crippen LogP contribution in [0.25, 0.3) is 16.9 Å². The van der Waals surface area contributed by atoms with Crippen molar-refractivity contribution in [1.82, 2.24) is 9.38 Å². The minimum atomic E-state index is 0.696. The number of nitrogens with one attached hydrogen (secondary N) is 1. The number of aryl methyl sites for hydroxylation is 1. The minimum Gasteiger partial charge on any atom is -0.497 e. The molecule has 0 unspecified atom stereocenters. The van der Waals surface area contributed by atoms with Gasteiger partial charge in [-0.25, -0.2) is 4.98 Å². The fourth-order valence-electron chi connectivity index (χ4n) is 3.28.